The van der Waals surface area contributed by atoms with Gasteiger partial charge in [0.15, 0.2) is 0 Å². The van der Waals surface area contributed by atoms with Gasteiger partial charge in [-0.2, -0.15) is 0 Å². The van der Waals surface area contributed by atoms with Crippen molar-refractivity contribution in [3.8, 4) is 11.5 Å². The van der Waals surface area contributed by atoms with Crippen LogP contribution in [0.4, 0.5) is 24.5 Å². The van der Waals surface area contributed by atoms with Crippen LogP contribution >= 0.6 is 0 Å². The van der Waals surface area contributed by atoms with Crippen LogP contribution in [-0.4, -0.2) is 73.2 Å². The fourth-order valence-corrected chi connectivity index (χ4v) is 7.03. The average Bonchev–Trinajstić information content (AvgIpc) is 3.27. The monoisotopic (exact) mass is 864 g/mol. The summed E-state index contributed by atoms with van der Waals surface area (Å²) in [7, 11) is 5.90. The molecule has 0 aliphatic heterocycles. The molecule has 0 unspecified atom stereocenters. The van der Waals surface area contributed by atoms with Crippen molar-refractivity contribution in [2.45, 2.75) is 38.0 Å². The van der Waals surface area contributed by atoms with Gasteiger partial charge in [-0.3, -0.25) is 33.1 Å². The molecule has 17 heteroatoms. The number of carbonyl (C=O) groups excluding carboxylic acids is 4. The van der Waals surface area contributed by atoms with Gasteiger partial charge in [-0.15, -0.1) is 0 Å². The van der Waals surface area contributed by atoms with Gasteiger partial charge in [-0.1, -0.05) is 24.3 Å². The lowest BCUT2D eigenvalue weighted by Gasteiger charge is -2.26. The van der Waals surface area contributed by atoms with Crippen LogP contribution in [0.15, 0.2) is 125 Å². The predicted molar refractivity (Wildman–Crippen MR) is 229 cm³/mol. The Kier molecular flexibility index (Phi) is 14.1. The van der Waals surface area contributed by atoms with E-state index in [2.05, 4.69) is 10.6 Å². The maximum Gasteiger partial charge on any atom is 0.332 e. The van der Waals surface area contributed by atoms with Gasteiger partial charge in [-0.05, 0) is 96.1 Å². The highest BCUT2D eigenvalue weighted by Gasteiger charge is 2.29. The van der Waals surface area contributed by atoms with Gasteiger partial charge < -0.3 is 29.9 Å². The Morgan fingerprint density at radius 3 is 1.57 bits per heavy atom. The number of ether oxygens (including phenoxy) is 2. The molecule has 1 aromatic heterocycles. The number of anilines is 2. The lowest BCUT2D eigenvalue weighted by Crippen LogP contribution is -2.52. The zero-order valence-corrected chi connectivity index (χ0v) is 34.6. The van der Waals surface area contributed by atoms with Crippen molar-refractivity contribution < 1.29 is 41.8 Å². The minimum atomic E-state index is -1.45. The molecule has 0 saturated carbocycles. The molecule has 2 atom stereocenters. The number of para-hydroxylation sites is 1. The smallest absolute Gasteiger partial charge is 0.332 e. The molecule has 0 fully saturated rings. The van der Waals surface area contributed by atoms with Crippen LogP contribution in [0.3, 0.4) is 0 Å². The Balaban J connectivity index is 1.29. The molecular formula is C46H43F3N6O8. The molecule has 0 aliphatic carbocycles. The van der Waals surface area contributed by atoms with Crippen molar-refractivity contribution in [2.24, 2.45) is 0 Å². The molecule has 0 spiro atoms. The van der Waals surface area contributed by atoms with Crippen molar-refractivity contribution in [1.82, 2.24) is 19.8 Å². The molecule has 63 heavy (non-hydrogen) atoms. The van der Waals surface area contributed by atoms with Crippen LogP contribution in [0, 0.1) is 17.5 Å². The van der Waals surface area contributed by atoms with Crippen LogP contribution in [0.25, 0.3) is 10.9 Å². The lowest BCUT2D eigenvalue weighted by molar-refractivity contribution is -0.128. The van der Waals surface area contributed by atoms with Crippen molar-refractivity contribution in [2.75, 3.05) is 38.1 Å². The number of amides is 4. The second-order valence-electron chi connectivity index (χ2n) is 14.5. The van der Waals surface area contributed by atoms with Crippen LogP contribution in [0.1, 0.15) is 11.1 Å². The lowest BCUT2D eigenvalue weighted by atomic mass is 10.0. The quantitative estimate of drug-likeness (QED) is 0.145. The minimum absolute atomic E-state index is 0.0357. The summed E-state index contributed by atoms with van der Waals surface area (Å²) < 4.78 is 54.7. The van der Waals surface area contributed by atoms with Crippen molar-refractivity contribution in [3.05, 3.63) is 165 Å². The van der Waals surface area contributed by atoms with Gasteiger partial charge in [0, 0.05) is 44.4 Å². The third-order valence-corrected chi connectivity index (χ3v) is 10.3. The first kappa shape index (κ1) is 44.9. The first-order chi connectivity index (χ1) is 30.1. The van der Waals surface area contributed by atoms with E-state index in [-0.39, 0.29) is 29.3 Å². The van der Waals surface area contributed by atoms with Gasteiger partial charge in [0.1, 0.15) is 54.1 Å². The summed E-state index contributed by atoms with van der Waals surface area (Å²) in [5, 5.41) is 5.15. The van der Waals surface area contributed by atoms with E-state index in [9.17, 15) is 41.9 Å². The molecule has 5 aromatic carbocycles. The molecule has 0 aliphatic rings. The molecule has 0 bridgehead atoms. The number of aromatic nitrogens is 2. The van der Waals surface area contributed by atoms with Gasteiger partial charge in [0.2, 0.25) is 23.6 Å². The van der Waals surface area contributed by atoms with Crippen molar-refractivity contribution in [3.63, 3.8) is 0 Å². The van der Waals surface area contributed by atoms with Crippen LogP contribution in [0.2, 0.25) is 0 Å². The van der Waals surface area contributed by atoms with Crippen molar-refractivity contribution in [1.29, 1.82) is 0 Å². The average molecular weight is 865 g/mol. The molecular weight excluding hydrogens is 822 g/mol. The maximum absolute atomic E-state index is 14.2. The molecule has 0 saturated heterocycles. The number of methoxy groups -OCH3 is 2. The van der Waals surface area contributed by atoms with Crippen LogP contribution in [-0.2, 0) is 45.1 Å². The Bertz CT molecular complexity index is 2760. The summed E-state index contributed by atoms with van der Waals surface area (Å²) in [5.41, 5.74) is -0.616. The normalized spacial score (nSPS) is 11.9. The zero-order valence-electron chi connectivity index (χ0n) is 34.6. The highest BCUT2D eigenvalue weighted by atomic mass is 19.1. The standard InChI is InChI=1S/C46H43F3N6O8/c1-52(33-12-16-35(62-3)17-13-33)44(59)38(23-28-8-7-9-30(47)20-28)50-41(56)26-54-40-11-6-5-10-37(40)43(58)55(46(54)61)27-42(57)51-39(24-29-21-31(48)25-32(49)22-29)45(60)53(2)34-14-18-36(63-4)19-15-34/h5-22,25,38-39H,23-24,26-27H2,1-4H3,(H,50,56)(H,51,57)/t38-,39-/m0/s1. The first-order valence-corrected chi connectivity index (χ1v) is 19.5. The van der Waals surface area contributed by atoms with Crippen LogP contribution < -0.4 is 41.2 Å². The topological polar surface area (TPSA) is 161 Å². The second-order valence-corrected chi connectivity index (χ2v) is 14.5. The van der Waals surface area contributed by atoms with E-state index in [0.717, 1.165) is 16.7 Å². The molecule has 6 aromatic rings. The summed E-state index contributed by atoms with van der Waals surface area (Å²) in [6.45, 7) is -1.65. The number of benzene rings is 5. The van der Waals surface area contributed by atoms with E-state index in [1.165, 1.54) is 80.6 Å². The highest BCUT2D eigenvalue weighted by molar-refractivity contribution is 6.00. The number of carbonyl (C=O) groups is 4. The Labute approximate surface area is 359 Å². The minimum Gasteiger partial charge on any atom is -0.497 e. The molecule has 1 heterocycles. The Morgan fingerprint density at radius 1 is 0.587 bits per heavy atom. The summed E-state index contributed by atoms with van der Waals surface area (Å²) in [5.74, 6) is -4.40. The van der Waals surface area contributed by atoms with E-state index in [1.807, 2.05) is 0 Å². The number of hydrogen-bond donors (Lipinski definition) is 2. The highest BCUT2D eigenvalue weighted by Crippen LogP contribution is 2.22. The summed E-state index contributed by atoms with van der Waals surface area (Å²) in [6, 6.07) is 24.3. The number of hydrogen-bond acceptors (Lipinski definition) is 8. The maximum atomic E-state index is 14.2. The molecule has 0 radical (unpaired) electrons. The van der Waals surface area contributed by atoms with E-state index < -0.39 is 77.5 Å². The first-order valence-electron chi connectivity index (χ1n) is 19.5. The zero-order chi connectivity index (χ0) is 45.4. The SMILES string of the molecule is COc1ccc(N(C)C(=O)[C@H](Cc2cc(F)cc(F)c2)NC(=O)Cn2c(=O)c3ccccc3n(CC(=O)N[C@@H](Cc3cccc(F)c3)C(=O)N(C)c3ccc(OC)cc3)c2=O)cc1. The molecule has 326 valence electrons. The number of fused-ring (bicyclic) bond motifs is 1. The van der Waals surface area contributed by atoms with Gasteiger partial charge >= 0.3 is 5.69 Å². The number of nitrogens with zero attached hydrogens (tertiary/aromatic N) is 4. The third-order valence-electron chi connectivity index (χ3n) is 10.3. The van der Waals surface area contributed by atoms with Crippen molar-refractivity contribution >= 4 is 45.9 Å². The van der Waals surface area contributed by atoms with Crippen LogP contribution in [0.5, 0.6) is 11.5 Å². The molecule has 6 rings (SSSR count). The molecule has 2 N–H and O–H groups in total. The fraction of sp³-hybridized carbons (Fsp3) is 0.217. The number of nitrogens with one attached hydrogen (secondary N) is 2. The van der Waals surface area contributed by atoms with E-state index in [0.29, 0.717) is 39.1 Å². The van der Waals surface area contributed by atoms with E-state index >= 15 is 0 Å². The molecule has 14 nitrogen and oxygen atoms in total. The molecule has 4 amide bonds. The number of halogens is 3. The predicted octanol–water partition coefficient (Wildman–Crippen LogP) is 4.38. The Hall–Kier alpha value is -7.69. The fourth-order valence-electron chi connectivity index (χ4n) is 7.03. The second kappa shape index (κ2) is 19.8. The number of likely N-dealkylation sites (N-methyl/N-ethyl adjacent to an activating group) is 2. The van der Waals surface area contributed by atoms with Gasteiger partial charge in [-0.25, -0.2) is 18.0 Å². The van der Waals surface area contributed by atoms with Gasteiger partial charge in [0.05, 0.1) is 25.1 Å². The van der Waals surface area contributed by atoms with E-state index in [1.54, 1.807) is 54.6 Å². The van der Waals surface area contributed by atoms with E-state index in [4.69, 9.17) is 9.47 Å². The summed E-state index contributed by atoms with van der Waals surface area (Å²) >= 11 is 0. The largest absolute Gasteiger partial charge is 0.497 e. The summed E-state index contributed by atoms with van der Waals surface area (Å²) in [6.07, 6.45) is -0.506. The number of rotatable bonds is 16. The van der Waals surface area contributed by atoms with Gasteiger partial charge in [0.25, 0.3) is 5.56 Å². The Morgan fingerprint density at radius 2 is 1.06 bits per heavy atom. The third kappa shape index (κ3) is 10.8. The summed E-state index contributed by atoms with van der Waals surface area (Å²) in [4.78, 5) is 86.1.